The van der Waals surface area contributed by atoms with E-state index in [2.05, 4.69) is 34.5 Å². The van der Waals surface area contributed by atoms with Crippen LogP contribution in [-0.2, 0) is 4.79 Å². The van der Waals surface area contributed by atoms with Gasteiger partial charge in [-0.2, -0.15) is 0 Å². The first-order valence-corrected chi connectivity index (χ1v) is 7.35. The molecule has 1 saturated heterocycles. The van der Waals surface area contributed by atoms with Crippen molar-refractivity contribution in [3.8, 4) is 0 Å². The molecule has 0 aromatic heterocycles. The van der Waals surface area contributed by atoms with Crippen LogP contribution in [-0.4, -0.2) is 19.0 Å². The predicted molar refractivity (Wildman–Crippen MR) is 79.4 cm³/mol. The van der Waals surface area contributed by atoms with Crippen molar-refractivity contribution < 1.29 is 4.79 Å². The molecule has 1 aromatic rings. The minimum atomic E-state index is 0.0860. The molecule has 0 aliphatic carbocycles. The maximum Gasteiger partial charge on any atom is 0.220 e. The average molecular weight is 260 g/mol. The number of rotatable bonds is 4. The van der Waals surface area contributed by atoms with Gasteiger partial charge in [-0.3, -0.25) is 4.79 Å². The lowest BCUT2D eigenvalue weighted by Crippen LogP contribution is -2.29. The van der Waals surface area contributed by atoms with Crippen molar-refractivity contribution in [2.24, 2.45) is 0 Å². The number of benzene rings is 1. The second-order valence-corrected chi connectivity index (χ2v) is 5.28. The monoisotopic (exact) mass is 260 g/mol. The van der Waals surface area contributed by atoms with Gasteiger partial charge in [0, 0.05) is 25.2 Å². The molecule has 1 aliphatic heterocycles. The largest absolute Gasteiger partial charge is 0.372 e. The fraction of sp³-hybridized carbons (Fsp3) is 0.562. The van der Waals surface area contributed by atoms with Crippen molar-refractivity contribution in [3.63, 3.8) is 0 Å². The van der Waals surface area contributed by atoms with Crippen molar-refractivity contribution in [1.82, 2.24) is 5.32 Å². The number of carbonyl (C=O) groups is 1. The highest BCUT2D eigenvalue weighted by atomic mass is 16.1. The van der Waals surface area contributed by atoms with Gasteiger partial charge in [-0.1, -0.05) is 19.1 Å². The molecule has 0 bridgehead atoms. The Bertz CT molecular complexity index is 407. The summed E-state index contributed by atoms with van der Waals surface area (Å²) in [5.74, 6) is 0.104. The van der Waals surface area contributed by atoms with Gasteiger partial charge in [-0.15, -0.1) is 0 Å². The Labute approximate surface area is 116 Å². The molecule has 19 heavy (non-hydrogen) atoms. The van der Waals surface area contributed by atoms with Gasteiger partial charge < -0.3 is 10.2 Å². The molecule has 3 heteroatoms. The van der Waals surface area contributed by atoms with Crippen LogP contribution < -0.4 is 10.2 Å². The first kappa shape index (κ1) is 13.9. The zero-order chi connectivity index (χ0) is 13.7. The lowest BCUT2D eigenvalue weighted by atomic mass is 10.1. The fourth-order valence-electron chi connectivity index (χ4n) is 2.55. The van der Waals surface area contributed by atoms with E-state index in [0.717, 1.165) is 0 Å². The van der Waals surface area contributed by atoms with Gasteiger partial charge in [-0.25, -0.2) is 0 Å². The zero-order valence-corrected chi connectivity index (χ0v) is 12.0. The first-order valence-electron chi connectivity index (χ1n) is 7.35. The average Bonchev–Trinajstić information content (AvgIpc) is 2.48. The van der Waals surface area contributed by atoms with Crippen LogP contribution in [0, 0.1) is 0 Å². The fourth-order valence-corrected chi connectivity index (χ4v) is 2.55. The molecule has 0 spiro atoms. The molecule has 1 heterocycles. The molecule has 0 saturated carbocycles. The lowest BCUT2D eigenvalue weighted by molar-refractivity contribution is -0.121. The van der Waals surface area contributed by atoms with Gasteiger partial charge in [0.25, 0.3) is 0 Å². The second-order valence-electron chi connectivity index (χ2n) is 5.28. The standard InChI is InChI=1S/C16H24N2O/c1-3-16(19)17-13(2)14-7-9-15(10-8-14)18-11-5-4-6-12-18/h7-10,13H,3-6,11-12H2,1-2H3,(H,17,19)/t13-/m1/s1. The number of nitrogens with zero attached hydrogens (tertiary/aromatic N) is 1. The third kappa shape index (κ3) is 3.72. The van der Waals surface area contributed by atoms with Gasteiger partial charge in [0.15, 0.2) is 0 Å². The molecule has 1 N–H and O–H groups in total. The van der Waals surface area contributed by atoms with Crippen LogP contribution in [0.5, 0.6) is 0 Å². The molecule has 1 atom stereocenters. The van der Waals surface area contributed by atoms with Crippen LogP contribution >= 0.6 is 0 Å². The lowest BCUT2D eigenvalue weighted by Gasteiger charge is -2.29. The van der Waals surface area contributed by atoms with E-state index in [-0.39, 0.29) is 11.9 Å². The number of hydrogen-bond donors (Lipinski definition) is 1. The second kappa shape index (κ2) is 6.60. The van der Waals surface area contributed by atoms with E-state index in [4.69, 9.17) is 0 Å². The smallest absolute Gasteiger partial charge is 0.220 e. The van der Waals surface area contributed by atoms with Gasteiger partial charge in [0.1, 0.15) is 0 Å². The third-order valence-electron chi connectivity index (χ3n) is 3.81. The van der Waals surface area contributed by atoms with E-state index in [0.29, 0.717) is 6.42 Å². The van der Waals surface area contributed by atoms with Crippen molar-refractivity contribution in [1.29, 1.82) is 0 Å². The number of piperidine rings is 1. The van der Waals surface area contributed by atoms with Crippen LogP contribution in [0.1, 0.15) is 51.1 Å². The summed E-state index contributed by atoms with van der Waals surface area (Å²) in [6, 6.07) is 8.70. The highest BCUT2D eigenvalue weighted by Gasteiger charge is 2.12. The Hall–Kier alpha value is -1.51. The predicted octanol–water partition coefficient (Wildman–Crippen LogP) is 3.26. The summed E-state index contributed by atoms with van der Waals surface area (Å²) in [5.41, 5.74) is 2.47. The van der Waals surface area contributed by atoms with Crippen molar-refractivity contribution in [2.75, 3.05) is 18.0 Å². The Kier molecular flexibility index (Phi) is 4.83. The van der Waals surface area contributed by atoms with E-state index >= 15 is 0 Å². The molecule has 0 unspecified atom stereocenters. The molecule has 0 radical (unpaired) electrons. The van der Waals surface area contributed by atoms with Gasteiger partial charge >= 0.3 is 0 Å². The number of hydrogen-bond acceptors (Lipinski definition) is 2. The topological polar surface area (TPSA) is 32.3 Å². The Morgan fingerprint density at radius 3 is 2.42 bits per heavy atom. The minimum absolute atomic E-state index is 0.0860. The zero-order valence-electron chi connectivity index (χ0n) is 12.0. The first-order chi connectivity index (χ1) is 9.20. The summed E-state index contributed by atoms with van der Waals surface area (Å²) in [5, 5.41) is 2.99. The third-order valence-corrected chi connectivity index (χ3v) is 3.81. The molecule has 104 valence electrons. The summed E-state index contributed by atoms with van der Waals surface area (Å²) >= 11 is 0. The molecule has 1 aliphatic rings. The van der Waals surface area contributed by atoms with Gasteiger partial charge in [0.2, 0.25) is 5.91 Å². The maximum absolute atomic E-state index is 11.4. The van der Waals surface area contributed by atoms with Gasteiger partial charge in [0.05, 0.1) is 6.04 Å². The summed E-state index contributed by atoms with van der Waals surface area (Å²) in [7, 11) is 0. The number of nitrogens with one attached hydrogen (secondary N) is 1. The van der Waals surface area contributed by atoms with E-state index in [1.54, 1.807) is 0 Å². The summed E-state index contributed by atoms with van der Waals surface area (Å²) in [4.78, 5) is 13.8. The van der Waals surface area contributed by atoms with E-state index in [9.17, 15) is 4.79 Å². The molecule has 1 aromatic carbocycles. The Morgan fingerprint density at radius 1 is 1.21 bits per heavy atom. The molecule has 3 nitrogen and oxygen atoms in total. The molecular formula is C16H24N2O. The van der Waals surface area contributed by atoms with E-state index in [1.165, 1.54) is 43.6 Å². The van der Waals surface area contributed by atoms with Crippen LogP contribution in [0.15, 0.2) is 24.3 Å². The Balaban J connectivity index is 1.99. The number of carbonyl (C=O) groups excluding carboxylic acids is 1. The highest BCUT2D eigenvalue weighted by molar-refractivity contribution is 5.76. The van der Waals surface area contributed by atoms with Crippen LogP contribution in [0.4, 0.5) is 5.69 Å². The quantitative estimate of drug-likeness (QED) is 0.901. The molecular weight excluding hydrogens is 236 g/mol. The summed E-state index contributed by atoms with van der Waals surface area (Å²) in [6.07, 6.45) is 4.49. The molecule has 1 amide bonds. The van der Waals surface area contributed by atoms with Crippen molar-refractivity contribution in [2.45, 2.75) is 45.6 Å². The van der Waals surface area contributed by atoms with Gasteiger partial charge in [-0.05, 0) is 43.9 Å². The maximum atomic E-state index is 11.4. The molecule has 2 rings (SSSR count). The highest BCUT2D eigenvalue weighted by Crippen LogP contribution is 2.22. The Morgan fingerprint density at radius 2 is 1.84 bits per heavy atom. The normalized spacial score (nSPS) is 17.1. The minimum Gasteiger partial charge on any atom is -0.372 e. The SMILES string of the molecule is CCC(=O)N[C@H](C)c1ccc(N2CCCCC2)cc1. The summed E-state index contributed by atoms with van der Waals surface area (Å²) < 4.78 is 0. The van der Waals surface area contributed by atoms with E-state index in [1.807, 2.05) is 13.8 Å². The summed E-state index contributed by atoms with van der Waals surface area (Å²) in [6.45, 7) is 6.24. The van der Waals surface area contributed by atoms with Crippen molar-refractivity contribution >= 4 is 11.6 Å². The van der Waals surface area contributed by atoms with E-state index < -0.39 is 0 Å². The van der Waals surface area contributed by atoms with Crippen LogP contribution in [0.25, 0.3) is 0 Å². The number of anilines is 1. The van der Waals surface area contributed by atoms with Crippen LogP contribution in [0.2, 0.25) is 0 Å². The number of amides is 1. The van der Waals surface area contributed by atoms with Crippen molar-refractivity contribution in [3.05, 3.63) is 29.8 Å². The molecule has 1 fully saturated rings. The van der Waals surface area contributed by atoms with Crippen LogP contribution in [0.3, 0.4) is 0 Å².